The summed E-state index contributed by atoms with van der Waals surface area (Å²) >= 11 is 0. The average molecular weight is 166 g/mol. The molecule has 0 atom stereocenters. The molecule has 0 unspecified atom stereocenters. The van der Waals surface area contributed by atoms with Crippen molar-refractivity contribution in [1.29, 1.82) is 0 Å². The van der Waals surface area contributed by atoms with Gasteiger partial charge in [0.25, 0.3) is 0 Å². The minimum atomic E-state index is 0.624. The van der Waals surface area contributed by atoms with Crippen LogP contribution < -0.4 is 0 Å². The Morgan fingerprint density at radius 2 is 1.92 bits per heavy atom. The largest absolute Gasteiger partial charge is 0.0916 e. The summed E-state index contributed by atoms with van der Waals surface area (Å²) in [5.74, 6) is 0.976. The lowest BCUT2D eigenvalue weighted by atomic mass is 9.70. The molecule has 1 aliphatic rings. The Hall–Kier alpha value is -0.260. The van der Waals surface area contributed by atoms with Crippen molar-refractivity contribution in [3.63, 3.8) is 0 Å². The van der Waals surface area contributed by atoms with Crippen LogP contribution in [0.5, 0.6) is 0 Å². The molecule has 0 nitrogen and oxygen atoms in total. The maximum Gasteiger partial charge on any atom is -0.0291 e. The summed E-state index contributed by atoms with van der Waals surface area (Å²) in [4.78, 5) is 0. The van der Waals surface area contributed by atoms with Crippen molar-refractivity contribution >= 4 is 0 Å². The zero-order valence-corrected chi connectivity index (χ0v) is 8.77. The maximum absolute atomic E-state index is 2.44. The van der Waals surface area contributed by atoms with Gasteiger partial charge in [0, 0.05) is 0 Å². The highest BCUT2D eigenvalue weighted by Crippen LogP contribution is 2.41. The van der Waals surface area contributed by atoms with E-state index in [9.17, 15) is 0 Å². The van der Waals surface area contributed by atoms with Gasteiger partial charge < -0.3 is 0 Å². The highest BCUT2D eigenvalue weighted by atomic mass is 14.3. The van der Waals surface area contributed by atoms with Crippen molar-refractivity contribution in [1.82, 2.24) is 0 Å². The number of rotatable bonds is 2. The lowest BCUT2D eigenvalue weighted by Gasteiger charge is -2.35. The Morgan fingerprint density at radius 1 is 1.33 bits per heavy atom. The van der Waals surface area contributed by atoms with Crippen molar-refractivity contribution in [3.8, 4) is 0 Å². The summed E-state index contributed by atoms with van der Waals surface area (Å²) in [6.07, 6.45) is 11.5. The first-order chi connectivity index (χ1) is 5.66. The van der Waals surface area contributed by atoms with Crippen LogP contribution >= 0.6 is 0 Å². The van der Waals surface area contributed by atoms with Gasteiger partial charge in [-0.2, -0.15) is 0 Å². The molecule has 0 radical (unpaired) electrons. The summed E-state index contributed by atoms with van der Waals surface area (Å²) in [6, 6.07) is 0. The van der Waals surface area contributed by atoms with Crippen LogP contribution in [0.1, 0.15) is 52.9 Å². The molecule has 0 aromatic rings. The van der Waals surface area contributed by atoms with E-state index < -0.39 is 0 Å². The Morgan fingerprint density at radius 3 is 2.42 bits per heavy atom. The van der Waals surface area contributed by atoms with Crippen LogP contribution in [0.15, 0.2) is 12.2 Å². The van der Waals surface area contributed by atoms with Crippen molar-refractivity contribution < 1.29 is 0 Å². The molecule has 12 heavy (non-hydrogen) atoms. The molecule has 0 N–H and O–H groups in total. The van der Waals surface area contributed by atoms with E-state index in [4.69, 9.17) is 0 Å². The minimum Gasteiger partial charge on any atom is -0.0916 e. The molecule has 0 heteroatoms. The van der Waals surface area contributed by atoms with Crippen LogP contribution in [0, 0.1) is 11.3 Å². The van der Waals surface area contributed by atoms with Gasteiger partial charge >= 0.3 is 0 Å². The lowest BCUT2D eigenvalue weighted by Crippen LogP contribution is -2.22. The van der Waals surface area contributed by atoms with Gasteiger partial charge in [0.1, 0.15) is 0 Å². The highest BCUT2D eigenvalue weighted by molar-refractivity contribution is 4.89. The molecule has 0 aromatic heterocycles. The second-order valence-corrected chi connectivity index (χ2v) is 4.77. The molecule has 0 saturated heterocycles. The Balaban J connectivity index is 2.39. The Bertz CT molecular complexity index is 147. The predicted octanol–water partition coefficient (Wildman–Crippen LogP) is 4.17. The molecule has 0 heterocycles. The Kier molecular flexibility index (Phi) is 3.37. The topological polar surface area (TPSA) is 0 Å². The van der Waals surface area contributed by atoms with Crippen LogP contribution in [0.4, 0.5) is 0 Å². The van der Waals surface area contributed by atoms with Gasteiger partial charge in [0.2, 0.25) is 0 Å². The van der Waals surface area contributed by atoms with Gasteiger partial charge in [-0.1, -0.05) is 38.8 Å². The van der Waals surface area contributed by atoms with E-state index in [-0.39, 0.29) is 0 Å². The fourth-order valence-electron chi connectivity index (χ4n) is 2.07. The van der Waals surface area contributed by atoms with E-state index in [1.807, 2.05) is 0 Å². The van der Waals surface area contributed by atoms with Gasteiger partial charge in [0.05, 0.1) is 0 Å². The standard InChI is InChI=1S/C12H22/c1-4-5-8-12(3)9-6-11(2)7-10-12/h4-5,11H,6-10H2,1-3H3/b5-4-. The quantitative estimate of drug-likeness (QED) is 0.540. The van der Waals surface area contributed by atoms with E-state index in [2.05, 4.69) is 32.9 Å². The smallest absolute Gasteiger partial charge is 0.0291 e. The van der Waals surface area contributed by atoms with Crippen molar-refractivity contribution in [2.45, 2.75) is 52.9 Å². The fourth-order valence-corrected chi connectivity index (χ4v) is 2.07. The van der Waals surface area contributed by atoms with Gasteiger partial charge in [-0.05, 0) is 37.5 Å². The van der Waals surface area contributed by atoms with Crippen LogP contribution in [-0.2, 0) is 0 Å². The van der Waals surface area contributed by atoms with Crippen LogP contribution in [0.25, 0.3) is 0 Å². The monoisotopic (exact) mass is 166 g/mol. The molecule has 0 amide bonds. The molecule has 0 bridgehead atoms. The SMILES string of the molecule is C/C=C\CC1(C)CCC(C)CC1. The summed E-state index contributed by atoms with van der Waals surface area (Å²) in [6.45, 7) is 6.95. The van der Waals surface area contributed by atoms with Crippen LogP contribution in [-0.4, -0.2) is 0 Å². The number of hydrogen-bond acceptors (Lipinski definition) is 0. The third kappa shape index (κ3) is 2.66. The molecule has 1 rings (SSSR count). The summed E-state index contributed by atoms with van der Waals surface area (Å²) in [7, 11) is 0. The molecule has 1 aliphatic carbocycles. The lowest BCUT2D eigenvalue weighted by molar-refractivity contribution is 0.180. The van der Waals surface area contributed by atoms with E-state index in [0.717, 1.165) is 5.92 Å². The highest BCUT2D eigenvalue weighted by Gasteiger charge is 2.27. The first kappa shape index (κ1) is 9.83. The number of allylic oxidation sites excluding steroid dienone is 2. The molecule has 1 fully saturated rings. The van der Waals surface area contributed by atoms with E-state index in [1.54, 1.807) is 0 Å². The second kappa shape index (κ2) is 4.11. The van der Waals surface area contributed by atoms with E-state index >= 15 is 0 Å². The van der Waals surface area contributed by atoms with Crippen LogP contribution in [0.3, 0.4) is 0 Å². The molecule has 70 valence electrons. The van der Waals surface area contributed by atoms with Crippen LogP contribution in [0.2, 0.25) is 0 Å². The van der Waals surface area contributed by atoms with E-state index in [0.29, 0.717) is 5.41 Å². The predicted molar refractivity (Wildman–Crippen MR) is 55.2 cm³/mol. The third-order valence-corrected chi connectivity index (χ3v) is 3.33. The zero-order valence-electron chi connectivity index (χ0n) is 8.77. The third-order valence-electron chi connectivity index (χ3n) is 3.33. The first-order valence-electron chi connectivity index (χ1n) is 5.27. The summed E-state index contributed by atoms with van der Waals surface area (Å²) in [5, 5.41) is 0. The van der Waals surface area contributed by atoms with Gasteiger partial charge in [-0.3, -0.25) is 0 Å². The average Bonchev–Trinajstić information content (AvgIpc) is 2.08. The fraction of sp³-hybridized carbons (Fsp3) is 0.833. The normalized spacial score (nSPS) is 37.4. The van der Waals surface area contributed by atoms with E-state index in [1.165, 1.54) is 32.1 Å². The van der Waals surface area contributed by atoms with Crippen molar-refractivity contribution in [2.75, 3.05) is 0 Å². The zero-order chi connectivity index (χ0) is 9.03. The minimum absolute atomic E-state index is 0.624. The molecule has 0 spiro atoms. The summed E-state index contributed by atoms with van der Waals surface area (Å²) < 4.78 is 0. The van der Waals surface area contributed by atoms with Gasteiger partial charge in [0.15, 0.2) is 0 Å². The Labute approximate surface area is 77.1 Å². The van der Waals surface area contributed by atoms with Gasteiger partial charge in [-0.15, -0.1) is 0 Å². The molecular weight excluding hydrogens is 144 g/mol. The summed E-state index contributed by atoms with van der Waals surface area (Å²) in [5.41, 5.74) is 0.624. The van der Waals surface area contributed by atoms with Crippen molar-refractivity contribution in [2.24, 2.45) is 11.3 Å². The van der Waals surface area contributed by atoms with Crippen molar-refractivity contribution in [3.05, 3.63) is 12.2 Å². The molecule has 1 saturated carbocycles. The maximum atomic E-state index is 2.44. The molecular formula is C12H22. The molecule has 0 aromatic carbocycles. The van der Waals surface area contributed by atoms with Gasteiger partial charge in [-0.25, -0.2) is 0 Å². The second-order valence-electron chi connectivity index (χ2n) is 4.77. The molecule has 0 aliphatic heterocycles. The first-order valence-corrected chi connectivity index (χ1v) is 5.27. The number of hydrogen-bond donors (Lipinski definition) is 0.